The Morgan fingerprint density at radius 2 is 1.92 bits per heavy atom. The number of carbonyl (C=O) groups is 1. The van der Waals surface area contributed by atoms with Crippen LogP contribution < -0.4 is 5.32 Å². The minimum Gasteiger partial charge on any atom is -0.463 e. The second kappa shape index (κ2) is 10.5. The maximum Gasteiger partial charge on any atom is 0.333 e. The highest BCUT2D eigenvalue weighted by molar-refractivity contribution is 5.88. The number of esters is 1. The second-order valence-corrected chi connectivity index (χ2v) is 6.62. The summed E-state index contributed by atoms with van der Waals surface area (Å²) < 4.78 is 11.3. The van der Waals surface area contributed by atoms with E-state index in [1.807, 2.05) is 36.4 Å². The van der Waals surface area contributed by atoms with Crippen LogP contribution in [0, 0.1) is 0 Å². The van der Waals surface area contributed by atoms with E-state index in [2.05, 4.69) is 19.2 Å². The molecule has 0 aliphatic heterocycles. The molecule has 2 rings (SSSR count). The summed E-state index contributed by atoms with van der Waals surface area (Å²) in [5, 5.41) is 14.1. The first-order chi connectivity index (χ1) is 12.6. The summed E-state index contributed by atoms with van der Waals surface area (Å²) in [4.78, 5) is 12.1. The molecule has 0 amide bonds. The fourth-order valence-corrected chi connectivity index (χ4v) is 3.23. The van der Waals surface area contributed by atoms with Gasteiger partial charge in [0.2, 0.25) is 0 Å². The van der Waals surface area contributed by atoms with E-state index in [-0.39, 0.29) is 30.6 Å². The van der Waals surface area contributed by atoms with Gasteiger partial charge >= 0.3 is 5.97 Å². The van der Waals surface area contributed by atoms with Gasteiger partial charge in [-0.05, 0) is 31.4 Å². The zero-order valence-electron chi connectivity index (χ0n) is 16.0. The van der Waals surface area contributed by atoms with Gasteiger partial charge in [0.05, 0.1) is 31.0 Å². The zero-order chi connectivity index (χ0) is 18.9. The Balaban J connectivity index is 2.15. The van der Waals surface area contributed by atoms with Gasteiger partial charge in [0.25, 0.3) is 0 Å². The van der Waals surface area contributed by atoms with Gasteiger partial charge in [-0.15, -0.1) is 0 Å². The predicted octanol–water partition coefficient (Wildman–Crippen LogP) is 2.97. The van der Waals surface area contributed by atoms with E-state index < -0.39 is 6.10 Å². The predicted molar refractivity (Wildman–Crippen MR) is 102 cm³/mol. The fraction of sp³-hybridized carbons (Fsp3) is 0.571. The Hall–Kier alpha value is -1.69. The van der Waals surface area contributed by atoms with Crippen molar-refractivity contribution in [2.24, 2.45) is 0 Å². The van der Waals surface area contributed by atoms with E-state index >= 15 is 0 Å². The van der Waals surface area contributed by atoms with E-state index in [0.717, 1.165) is 18.4 Å². The number of ether oxygens (including phenoxy) is 2. The van der Waals surface area contributed by atoms with Crippen LogP contribution in [0.1, 0.15) is 45.6 Å². The lowest BCUT2D eigenvalue weighted by atomic mass is 9.89. The summed E-state index contributed by atoms with van der Waals surface area (Å²) in [6.07, 6.45) is 2.88. The smallest absolute Gasteiger partial charge is 0.333 e. The number of hydrogen-bond acceptors (Lipinski definition) is 5. The molecule has 1 aliphatic rings. The molecule has 3 atom stereocenters. The van der Waals surface area contributed by atoms with Crippen molar-refractivity contribution >= 4 is 5.97 Å². The molecule has 0 saturated heterocycles. The molecule has 0 unspecified atom stereocenters. The number of nitrogens with one attached hydrogen (secondary N) is 1. The van der Waals surface area contributed by atoms with Gasteiger partial charge in [0.15, 0.2) is 0 Å². The van der Waals surface area contributed by atoms with Gasteiger partial charge in [0.1, 0.15) is 0 Å². The zero-order valence-corrected chi connectivity index (χ0v) is 16.0. The quantitative estimate of drug-likeness (QED) is 0.662. The third-order valence-electron chi connectivity index (χ3n) is 4.75. The van der Waals surface area contributed by atoms with Crippen molar-refractivity contribution in [3.8, 4) is 0 Å². The van der Waals surface area contributed by atoms with E-state index in [0.29, 0.717) is 18.7 Å². The first-order valence-electron chi connectivity index (χ1n) is 9.57. The van der Waals surface area contributed by atoms with Crippen molar-refractivity contribution in [3.63, 3.8) is 0 Å². The van der Waals surface area contributed by atoms with Crippen LogP contribution >= 0.6 is 0 Å². The van der Waals surface area contributed by atoms with E-state index in [1.165, 1.54) is 0 Å². The van der Waals surface area contributed by atoms with Gasteiger partial charge in [-0.25, -0.2) is 4.79 Å². The molecule has 26 heavy (non-hydrogen) atoms. The molecule has 0 radical (unpaired) electrons. The number of rotatable bonds is 9. The SMILES string of the molecule is CCOC(=O)C1=C[C@@H](OC(CC)CC)[C@H](NCc2ccccc2)[C@@H](O)C1. The Kier molecular flexibility index (Phi) is 8.29. The van der Waals surface area contributed by atoms with Crippen molar-refractivity contribution in [1.29, 1.82) is 0 Å². The van der Waals surface area contributed by atoms with Crippen LogP contribution in [0.5, 0.6) is 0 Å². The van der Waals surface area contributed by atoms with Crippen LogP contribution in [-0.4, -0.2) is 42.0 Å². The van der Waals surface area contributed by atoms with Gasteiger partial charge < -0.3 is 19.9 Å². The molecule has 5 nitrogen and oxygen atoms in total. The third-order valence-corrected chi connectivity index (χ3v) is 4.75. The van der Waals surface area contributed by atoms with Crippen LogP contribution in [0.4, 0.5) is 0 Å². The molecular weight excluding hydrogens is 330 g/mol. The summed E-state index contributed by atoms with van der Waals surface area (Å²) in [5.74, 6) is -0.369. The summed E-state index contributed by atoms with van der Waals surface area (Å²) in [5.41, 5.74) is 1.63. The van der Waals surface area contributed by atoms with Crippen molar-refractivity contribution in [2.75, 3.05) is 6.61 Å². The highest BCUT2D eigenvalue weighted by Crippen LogP contribution is 2.25. The summed E-state index contributed by atoms with van der Waals surface area (Å²) in [6.45, 7) is 6.89. The monoisotopic (exact) mass is 361 g/mol. The molecule has 2 N–H and O–H groups in total. The number of benzene rings is 1. The Labute approximate surface area is 156 Å². The van der Waals surface area contributed by atoms with Gasteiger partial charge in [0, 0.05) is 18.5 Å². The van der Waals surface area contributed by atoms with E-state index in [4.69, 9.17) is 9.47 Å². The lowest BCUT2D eigenvalue weighted by Crippen LogP contribution is -2.52. The summed E-state index contributed by atoms with van der Waals surface area (Å²) in [7, 11) is 0. The molecule has 1 aromatic rings. The molecule has 0 bridgehead atoms. The Morgan fingerprint density at radius 1 is 1.23 bits per heavy atom. The summed E-state index contributed by atoms with van der Waals surface area (Å²) >= 11 is 0. The van der Waals surface area contributed by atoms with Crippen LogP contribution in [0.25, 0.3) is 0 Å². The first-order valence-corrected chi connectivity index (χ1v) is 9.57. The molecule has 0 saturated carbocycles. The second-order valence-electron chi connectivity index (χ2n) is 6.62. The number of aliphatic hydroxyl groups excluding tert-OH is 1. The van der Waals surface area contributed by atoms with Crippen LogP contribution in [-0.2, 0) is 20.8 Å². The maximum atomic E-state index is 12.1. The molecule has 0 fully saturated rings. The topological polar surface area (TPSA) is 67.8 Å². The largest absolute Gasteiger partial charge is 0.463 e. The van der Waals surface area contributed by atoms with Crippen LogP contribution in [0.2, 0.25) is 0 Å². The molecular formula is C21H31NO4. The number of hydrogen-bond donors (Lipinski definition) is 2. The maximum absolute atomic E-state index is 12.1. The van der Waals surface area contributed by atoms with Gasteiger partial charge in [-0.2, -0.15) is 0 Å². The van der Waals surface area contributed by atoms with Gasteiger partial charge in [-0.3, -0.25) is 0 Å². The Morgan fingerprint density at radius 3 is 2.54 bits per heavy atom. The van der Waals surface area contributed by atoms with E-state index in [9.17, 15) is 9.90 Å². The fourth-order valence-electron chi connectivity index (χ4n) is 3.23. The van der Waals surface area contributed by atoms with Crippen molar-refractivity contribution in [1.82, 2.24) is 5.32 Å². The average Bonchev–Trinajstić information content (AvgIpc) is 2.66. The Bertz CT molecular complexity index is 583. The first kappa shape index (κ1) is 20.6. The average molecular weight is 361 g/mol. The number of aliphatic hydroxyl groups is 1. The summed E-state index contributed by atoms with van der Waals surface area (Å²) in [6, 6.07) is 9.77. The lowest BCUT2D eigenvalue weighted by molar-refractivity contribution is -0.139. The third kappa shape index (κ3) is 5.66. The molecule has 144 valence electrons. The molecule has 1 aromatic carbocycles. The molecule has 0 aromatic heterocycles. The van der Waals surface area contributed by atoms with Crippen molar-refractivity contribution in [2.45, 2.75) is 70.9 Å². The minimum atomic E-state index is -0.706. The molecule has 5 heteroatoms. The normalized spacial score (nSPS) is 23.0. The lowest BCUT2D eigenvalue weighted by Gasteiger charge is -2.36. The van der Waals surface area contributed by atoms with Crippen molar-refractivity contribution in [3.05, 3.63) is 47.5 Å². The van der Waals surface area contributed by atoms with E-state index in [1.54, 1.807) is 6.92 Å². The molecule has 1 aliphatic carbocycles. The van der Waals surface area contributed by atoms with Crippen LogP contribution in [0.3, 0.4) is 0 Å². The molecule has 0 heterocycles. The van der Waals surface area contributed by atoms with Crippen LogP contribution in [0.15, 0.2) is 42.0 Å². The molecule has 0 spiro atoms. The highest BCUT2D eigenvalue weighted by atomic mass is 16.5. The van der Waals surface area contributed by atoms with Crippen molar-refractivity contribution < 1.29 is 19.4 Å². The standard InChI is InChI=1S/C21H31NO4/c1-4-17(5-2)26-19-13-16(21(24)25-6-3)12-18(23)20(19)22-14-15-10-8-7-9-11-15/h7-11,13,17-20,22-23H,4-6,12,14H2,1-3H3/t18-,19+,20+/m0/s1. The van der Waals surface area contributed by atoms with Gasteiger partial charge in [-0.1, -0.05) is 44.2 Å². The highest BCUT2D eigenvalue weighted by Gasteiger charge is 2.36. The minimum absolute atomic E-state index is 0.0889. The number of carbonyl (C=O) groups excluding carboxylic acids is 1.